The number of carboxylic acid groups (broad SMARTS) is 1. The van der Waals surface area contributed by atoms with Crippen molar-refractivity contribution in [1.29, 1.82) is 0 Å². The van der Waals surface area contributed by atoms with Gasteiger partial charge in [-0.1, -0.05) is 13.8 Å². The highest BCUT2D eigenvalue weighted by Gasteiger charge is 2.62. The van der Waals surface area contributed by atoms with Crippen LogP contribution in [0.25, 0.3) is 0 Å². The quantitative estimate of drug-likeness (QED) is 0.688. The van der Waals surface area contributed by atoms with Gasteiger partial charge in [0.1, 0.15) is 0 Å². The van der Waals surface area contributed by atoms with Crippen LogP contribution in [0.5, 0.6) is 0 Å². The Labute approximate surface area is 144 Å². The molecule has 4 aliphatic carbocycles. The molecular weight excluding hydrogens is 304 g/mol. The van der Waals surface area contributed by atoms with E-state index >= 15 is 0 Å². The van der Waals surface area contributed by atoms with Gasteiger partial charge >= 0.3 is 5.97 Å². The first-order valence-corrected chi connectivity index (χ1v) is 9.86. The third-order valence-corrected chi connectivity index (χ3v) is 8.95. The molecule has 0 spiro atoms. The van der Waals surface area contributed by atoms with E-state index in [4.69, 9.17) is 0 Å². The highest BCUT2D eigenvalue weighted by Crippen LogP contribution is 2.67. The number of hydrogen-bond donors (Lipinski definition) is 3. The molecule has 4 aliphatic rings. The average molecular weight is 336 g/mol. The van der Waals surface area contributed by atoms with E-state index < -0.39 is 5.97 Å². The standard InChI is InChI=1S/C20H32O4/c1-19-7-5-11(21)9-16(19)13(18(23)24)10-12-14-3-4-17(22)20(14,2)8-6-15(12)19/h11-17,21-22H,3-10H2,1-2H3,(H,23,24)/t11?,12-,13?,14-,15+,16?,17?,19+,20-/m0/s1. The lowest BCUT2D eigenvalue weighted by atomic mass is 9.43. The molecule has 4 heteroatoms. The van der Waals surface area contributed by atoms with Crippen LogP contribution in [-0.4, -0.2) is 33.5 Å². The molecule has 0 amide bonds. The van der Waals surface area contributed by atoms with E-state index in [0.29, 0.717) is 24.2 Å². The van der Waals surface area contributed by atoms with Crippen molar-refractivity contribution < 1.29 is 20.1 Å². The van der Waals surface area contributed by atoms with Crippen molar-refractivity contribution in [3.63, 3.8) is 0 Å². The van der Waals surface area contributed by atoms with Gasteiger partial charge in [0, 0.05) is 0 Å². The highest BCUT2D eigenvalue weighted by molar-refractivity contribution is 5.71. The maximum atomic E-state index is 12.0. The highest BCUT2D eigenvalue weighted by atomic mass is 16.4. The predicted molar refractivity (Wildman–Crippen MR) is 90.2 cm³/mol. The second kappa shape index (κ2) is 5.44. The summed E-state index contributed by atoms with van der Waals surface area (Å²) in [4.78, 5) is 12.0. The Morgan fingerprint density at radius 2 is 1.54 bits per heavy atom. The SMILES string of the molecule is C[C@]12CCC(O)CC1C(C(=O)O)C[C@@H]1[C@H]2CC[C@]2(C)C(O)CC[C@@H]12. The Morgan fingerprint density at radius 1 is 0.875 bits per heavy atom. The molecule has 4 fully saturated rings. The van der Waals surface area contributed by atoms with Gasteiger partial charge in [0.2, 0.25) is 0 Å². The van der Waals surface area contributed by atoms with Gasteiger partial charge < -0.3 is 15.3 Å². The van der Waals surface area contributed by atoms with Crippen LogP contribution in [0.3, 0.4) is 0 Å². The Balaban J connectivity index is 1.71. The minimum atomic E-state index is -0.676. The average Bonchev–Trinajstić information content (AvgIpc) is 2.83. The summed E-state index contributed by atoms with van der Waals surface area (Å²) < 4.78 is 0. The van der Waals surface area contributed by atoms with Crippen molar-refractivity contribution in [2.24, 2.45) is 40.4 Å². The first-order chi connectivity index (χ1) is 11.3. The molecule has 136 valence electrons. The number of carbonyl (C=O) groups is 1. The van der Waals surface area contributed by atoms with Gasteiger partial charge in [0.25, 0.3) is 0 Å². The van der Waals surface area contributed by atoms with E-state index in [-0.39, 0.29) is 34.9 Å². The minimum Gasteiger partial charge on any atom is -0.481 e. The molecule has 24 heavy (non-hydrogen) atoms. The molecule has 0 saturated heterocycles. The lowest BCUT2D eigenvalue weighted by molar-refractivity contribution is -0.177. The number of aliphatic carboxylic acids is 1. The lowest BCUT2D eigenvalue weighted by Gasteiger charge is -2.62. The molecule has 4 rings (SSSR count). The molecule has 0 aliphatic heterocycles. The molecule has 0 bridgehead atoms. The van der Waals surface area contributed by atoms with E-state index in [1.54, 1.807) is 0 Å². The summed E-state index contributed by atoms with van der Waals surface area (Å²) in [5.74, 6) is 0.566. The van der Waals surface area contributed by atoms with Crippen LogP contribution in [0.4, 0.5) is 0 Å². The summed E-state index contributed by atoms with van der Waals surface area (Å²) in [6, 6.07) is 0. The monoisotopic (exact) mass is 336 g/mol. The maximum absolute atomic E-state index is 12.0. The molecule has 0 aromatic carbocycles. The molecular formula is C20H32O4. The Kier molecular flexibility index (Phi) is 3.82. The zero-order chi connectivity index (χ0) is 17.3. The Morgan fingerprint density at radius 3 is 2.25 bits per heavy atom. The fraction of sp³-hybridized carbons (Fsp3) is 0.950. The third kappa shape index (κ3) is 2.14. The topological polar surface area (TPSA) is 77.8 Å². The third-order valence-electron chi connectivity index (χ3n) is 8.95. The summed E-state index contributed by atoms with van der Waals surface area (Å²) in [6.07, 6.45) is 6.74. The molecule has 0 aromatic rings. The number of carboxylic acids is 1. The first kappa shape index (κ1) is 16.8. The summed E-state index contributed by atoms with van der Waals surface area (Å²) in [5, 5.41) is 30.6. The second-order valence-corrected chi connectivity index (χ2v) is 9.74. The summed E-state index contributed by atoms with van der Waals surface area (Å²) in [7, 11) is 0. The molecule has 3 N–H and O–H groups in total. The van der Waals surface area contributed by atoms with Crippen LogP contribution >= 0.6 is 0 Å². The predicted octanol–water partition coefficient (Wildman–Crippen LogP) is 3.06. The summed E-state index contributed by atoms with van der Waals surface area (Å²) >= 11 is 0. The van der Waals surface area contributed by atoms with Crippen LogP contribution in [0.1, 0.15) is 65.2 Å². The van der Waals surface area contributed by atoms with Gasteiger partial charge in [-0.2, -0.15) is 0 Å². The van der Waals surface area contributed by atoms with Crippen LogP contribution in [0, 0.1) is 40.4 Å². The largest absolute Gasteiger partial charge is 0.481 e. The fourth-order valence-corrected chi connectivity index (χ4v) is 7.57. The van der Waals surface area contributed by atoms with Gasteiger partial charge in [0.05, 0.1) is 18.1 Å². The van der Waals surface area contributed by atoms with E-state index in [0.717, 1.165) is 44.9 Å². The zero-order valence-electron chi connectivity index (χ0n) is 14.9. The van der Waals surface area contributed by atoms with Crippen molar-refractivity contribution in [2.45, 2.75) is 77.4 Å². The van der Waals surface area contributed by atoms with Gasteiger partial charge in [-0.3, -0.25) is 4.79 Å². The van der Waals surface area contributed by atoms with Crippen LogP contribution in [-0.2, 0) is 4.79 Å². The number of fused-ring (bicyclic) bond motifs is 5. The van der Waals surface area contributed by atoms with Crippen LogP contribution in [0.2, 0.25) is 0 Å². The van der Waals surface area contributed by atoms with Crippen LogP contribution < -0.4 is 0 Å². The van der Waals surface area contributed by atoms with E-state index in [1.807, 2.05) is 0 Å². The van der Waals surface area contributed by atoms with E-state index in [2.05, 4.69) is 13.8 Å². The zero-order valence-corrected chi connectivity index (χ0v) is 14.9. The maximum Gasteiger partial charge on any atom is 0.306 e. The normalized spacial score (nSPS) is 56.9. The summed E-state index contributed by atoms with van der Waals surface area (Å²) in [5.41, 5.74) is 0.0294. The smallest absolute Gasteiger partial charge is 0.306 e. The molecule has 9 atom stereocenters. The lowest BCUT2D eigenvalue weighted by Crippen LogP contribution is -2.58. The van der Waals surface area contributed by atoms with Crippen molar-refractivity contribution in [3.8, 4) is 0 Å². The van der Waals surface area contributed by atoms with Gasteiger partial charge in [0.15, 0.2) is 0 Å². The van der Waals surface area contributed by atoms with Gasteiger partial charge in [-0.05, 0) is 85.9 Å². The molecule has 4 unspecified atom stereocenters. The number of aliphatic hydroxyl groups excluding tert-OH is 2. The number of rotatable bonds is 1. The second-order valence-electron chi connectivity index (χ2n) is 9.74. The minimum absolute atomic E-state index is 0.0123. The Hall–Kier alpha value is -0.610. The van der Waals surface area contributed by atoms with E-state index in [9.17, 15) is 20.1 Å². The van der Waals surface area contributed by atoms with Crippen molar-refractivity contribution >= 4 is 5.97 Å². The molecule has 0 aromatic heterocycles. The Bertz CT molecular complexity index is 534. The van der Waals surface area contributed by atoms with Crippen molar-refractivity contribution in [3.05, 3.63) is 0 Å². The van der Waals surface area contributed by atoms with Crippen molar-refractivity contribution in [2.75, 3.05) is 0 Å². The molecule has 0 radical (unpaired) electrons. The van der Waals surface area contributed by atoms with Crippen LogP contribution in [0.15, 0.2) is 0 Å². The van der Waals surface area contributed by atoms with Gasteiger partial charge in [-0.25, -0.2) is 0 Å². The first-order valence-electron chi connectivity index (χ1n) is 9.86. The molecule has 4 nitrogen and oxygen atoms in total. The molecule has 0 heterocycles. The summed E-state index contributed by atoms with van der Waals surface area (Å²) in [6.45, 7) is 4.55. The van der Waals surface area contributed by atoms with Crippen molar-refractivity contribution in [1.82, 2.24) is 0 Å². The van der Waals surface area contributed by atoms with Gasteiger partial charge in [-0.15, -0.1) is 0 Å². The fourth-order valence-electron chi connectivity index (χ4n) is 7.57. The number of hydrogen-bond acceptors (Lipinski definition) is 3. The van der Waals surface area contributed by atoms with E-state index in [1.165, 1.54) is 0 Å². The number of aliphatic hydroxyl groups is 2. The molecule has 4 saturated carbocycles.